The second-order valence-electron chi connectivity index (χ2n) is 5.95. The second kappa shape index (κ2) is 6.76. The zero-order chi connectivity index (χ0) is 14.5. The summed E-state index contributed by atoms with van der Waals surface area (Å²) in [5.41, 5.74) is 2.44. The lowest BCUT2D eigenvalue weighted by atomic mass is 9.99. The number of aromatic nitrogens is 2. The van der Waals surface area contributed by atoms with Crippen LogP contribution in [0.4, 0.5) is 0 Å². The Morgan fingerprint density at radius 2 is 2.33 bits per heavy atom. The van der Waals surface area contributed by atoms with E-state index in [4.69, 9.17) is 4.74 Å². The van der Waals surface area contributed by atoms with Gasteiger partial charge in [0.25, 0.3) is 0 Å². The zero-order valence-electron chi connectivity index (χ0n) is 12.6. The van der Waals surface area contributed by atoms with E-state index in [1.807, 2.05) is 18.3 Å². The fourth-order valence-electron chi connectivity index (χ4n) is 2.96. The largest absolute Gasteiger partial charge is 0.493 e. The van der Waals surface area contributed by atoms with E-state index >= 15 is 0 Å². The molecule has 0 radical (unpaired) electrons. The third-order valence-corrected chi connectivity index (χ3v) is 4.03. The van der Waals surface area contributed by atoms with Crippen molar-refractivity contribution in [2.45, 2.75) is 26.3 Å². The first-order valence-electron chi connectivity index (χ1n) is 7.69. The van der Waals surface area contributed by atoms with E-state index in [0.717, 1.165) is 25.4 Å². The van der Waals surface area contributed by atoms with Crippen LogP contribution in [0.5, 0.6) is 5.75 Å². The fourth-order valence-corrected chi connectivity index (χ4v) is 2.96. The first-order valence-corrected chi connectivity index (χ1v) is 7.69. The van der Waals surface area contributed by atoms with Gasteiger partial charge in [0, 0.05) is 30.9 Å². The molecular weight excluding hydrogens is 262 g/mol. The Morgan fingerprint density at radius 1 is 1.38 bits per heavy atom. The highest BCUT2D eigenvalue weighted by Crippen LogP contribution is 2.20. The number of aromatic amines is 1. The van der Waals surface area contributed by atoms with Crippen LogP contribution in [-0.4, -0.2) is 34.8 Å². The van der Waals surface area contributed by atoms with Crippen molar-refractivity contribution in [1.29, 1.82) is 0 Å². The van der Waals surface area contributed by atoms with Crippen LogP contribution in [0.25, 0.3) is 0 Å². The minimum Gasteiger partial charge on any atom is -0.493 e. The number of likely N-dealkylation sites (tertiary alicyclic amines) is 1. The number of ether oxygens (including phenoxy) is 1. The van der Waals surface area contributed by atoms with Gasteiger partial charge in [0.15, 0.2) is 0 Å². The van der Waals surface area contributed by atoms with Gasteiger partial charge in [0.2, 0.25) is 0 Å². The number of piperidine rings is 1. The van der Waals surface area contributed by atoms with Gasteiger partial charge in [-0.05, 0) is 50.1 Å². The number of benzene rings is 1. The fraction of sp³-hybridized carbons (Fsp3) is 0.471. The molecule has 1 aliphatic rings. The molecule has 1 fully saturated rings. The Hall–Kier alpha value is -1.81. The van der Waals surface area contributed by atoms with Crippen LogP contribution in [-0.2, 0) is 6.54 Å². The Kier molecular flexibility index (Phi) is 4.55. The molecule has 0 saturated carbocycles. The van der Waals surface area contributed by atoms with Crippen molar-refractivity contribution >= 4 is 0 Å². The number of nitrogens with zero attached hydrogens (tertiary/aromatic N) is 2. The molecule has 0 aliphatic carbocycles. The van der Waals surface area contributed by atoms with Crippen molar-refractivity contribution in [3.63, 3.8) is 0 Å². The summed E-state index contributed by atoms with van der Waals surface area (Å²) in [6.07, 6.45) is 4.32. The summed E-state index contributed by atoms with van der Waals surface area (Å²) >= 11 is 0. The highest BCUT2D eigenvalue weighted by Gasteiger charge is 2.20. The smallest absolute Gasteiger partial charge is 0.119 e. The van der Waals surface area contributed by atoms with E-state index in [2.05, 4.69) is 40.2 Å². The van der Waals surface area contributed by atoms with Crippen molar-refractivity contribution in [2.24, 2.45) is 5.92 Å². The highest BCUT2D eigenvalue weighted by atomic mass is 16.5. The molecule has 0 unspecified atom stereocenters. The number of H-pyrrole nitrogens is 1. The molecule has 1 saturated heterocycles. The molecule has 3 rings (SSSR count). The molecule has 21 heavy (non-hydrogen) atoms. The first-order chi connectivity index (χ1) is 10.3. The third-order valence-electron chi connectivity index (χ3n) is 4.03. The number of hydrogen-bond donors (Lipinski definition) is 1. The molecule has 0 amide bonds. The van der Waals surface area contributed by atoms with Gasteiger partial charge >= 0.3 is 0 Å². The number of aryl methyl sites for hydroxylation is 1. The Balaban J connectivity index is 1.49. The topological polar surface area (TPSA) is 41.1 Å². The van der Waals surface area contributed by atoms with Gasteiger partial charge in [-0.15, -0.1) is 0 Å². The number of hydrogen-bond acceptors (Lipinski definition) is 3. The van der Waals surface area contributed by atoms with Crippen molar-refractivity contribution in [2.75, 3.05) is 19.7 Å². The molecule has 1 aliphatic heterocycles. The molecule has 4 nitrogen and oxygen atoms in total. The molecule has 4 heteroatoms. The van der Waals surface area contributed by atoms with Crippen LogP contribution in [0, 0.1) is 12.8 Å². The van der Waals surface area contributed by atoms with Gasteiger partial charge in [0.05, 0.1) is 6.61 Å². The zero-order valence-corrected chi connectivity index (χ0v) is 12.6. The minimum atomic E-state index is 0.613. The molecule has 2 aromatic rings. The Labute approximate surface area is 126 Å². The van der Waals surface area contributed by atoms with Gasteiger partial charge in [-0.1, -0.05) is 12.1 Å². The standard InChI is InChI=1S/C17H23N3O/c1-14-4-2-6-17(10-14)21-13-15-5-3-9-20(11-15)12-16-7-8-18-19-16/h2,4,6-8,10,15H,3,5,9,11-13H2,1H3,(H,18,19)/t15-/m1/s1. The van der Waals surface area contributed by atoms with Crippen LogP contribution >= 0.6 is 0 Å². The summed E-state index contributed by atoms with van der Waals surface area (Å²) in [5, 5.41) is 7.06. The molecule has 1 aromatic carbocycles. The van der Waals surface area contributed by atoms with Crippen LogP contribution < -0.4 is 4.74 Å². The molecular formula is C17H23N3O. The third kappa shape index (κ3) is 4.08. The van der Waals surface area contributed by atoms with Crippen molar-refractivity contribution in [1.82, 2.24) is 15.1 Å². The summed E-state index contributed by atoms with van der Waals surface area (Å²) in [7, 11) is 0. The van der Waals surface area contributed by atoms with Crippen LogP contribution in [0.15, 0.2) is 36.5 Å². The quantitative estimate of drug-likeness (QED) is 0.918. The Bertz CT molecular complexity index is 553. The van der Waals surface area contributed by atoms with E-state index < -0.39 is 0 Å². The average Bonchev–Trinajstić information content (AvgIpc) is 2.99. The maximum Gasteiger partial charge on any atom is 0.119 e. The lowest BCUT2D eigenvalue weighted by Gasteiger charge is -2.32. The van der Waals surface area contributed by atoms with E-state index in [1.165, 1.54) is 30.6 Å². The van der Waals surface area contributed by atoms with Crippen LogP contribution in [0.3, 0.4) is 0 Å². The Morgan fingerprint density at radius 3 is 3.14 bits per heavy atom. The van der Waals surface area contributed by atoms with Gasteiger partial charge in [0.1, 0.15) is 5.75 Å². The van der Waals surface area contributed by atoms with Crippen LogP contribution in [0.2, 0.25) is 0 Å². The van der Waals surface area contributed by atoms with E-state index in [9.17, 15) is 0 Å². The molecule has 2 heterocycles. The van der Waals surface area contributed by atoms with E-state index in [-0.39, 0.29) is 0 Å². The van der Waals surface area contributed by atoms with Crippen LogP contribution in [0.1, 0.15) is 24.1 Å². The number of rotatable bonds is 5. The summed E-state index contributed by atoms with van der Waals surface area (Å²) in [6, 6.07) is 10.3. The summed E-state index contributed by atoms with van der Waals surface area (Å²) in [6.45, 7) is 6.13. The van der Waals surface area contributed by atoms with Gasteiger partial charge in [-0.25, -0.2) is 0 Å². The van der Waals surface area contributed by atoms with Gasteiger partial charge in [-0.3, -0.25) is 10.00 Å². The van der Waals surface area contributed by atoms with Crippen molar-refractivity contribution < 1.29 is 4.74 Å². The molecule has 0 spiro atoms. The maximum atomic E-state index is 5.96. The first kappa shape index (κ1) is 14.1. The van der Waals surface area contributed by atoms with Crippen molar-refractivity contribution in [3.8, 4) is 5.75 Å². The minimum absolute atomic E-state index is 0.613. The normalized spacial score (nSPS) is 19.6. The predicted molar refractivity (Wildman–Crippen MR) is 83.3 cm³/mol. The molecule has 1 aromatic heterocycles. The molecule has 112 valence electrons. The number of nitrogens with one attached hydrogen (secondary N) is 1. The molecule has 0 bridgehead atoms. The predicted octanol–water partition coefficient (Wildman–Crippen LogP) is 3.01. The lowest BCUT2D eigenvalue weighted by Crippen LogP contribution is -2.37. The van der Waals surface area contributed by atoms with Gasteiger partial charge < -0.3 is 4.74 Å². The average molecular weight is 285 g/mol. The summed E-state index contributed by atoms with van der Waals surface area (Å²) < 4.78 is 5.96. The summed E-state index contributed by atoms with van der Waals surface area (Å²) in [5.74, 6) is 1.60. The van der Waals surface area contributed by atoms with Gasteiger partial charge in [-0.2, -0.15) is 5.10 Å². The van der Waals surface area contributed by atoms with E-state index in [1.54, 1.807) is 0 Å². The highest BCUT2D eigenvalue weighted by molar-refractivity contribution is 5.27. The second-order valence-corrected chi connectivity index (χ2v) is 5.95. The van der Waals surface area contributed by atoms with E-state index in [0.29, 0.717) is 5.92 Å². The SMILES string of the molecule is Cc1cccc(OC[C@@H]2CCCN(Cc3ccn[nH]3)C2)c1. The summed E-state index contributed by atoms with van der Waals surface area (Å²) in [4.78, 5) is 2.49. The molecule has 1 atom stereocenters. The molecule has 1 N–H and O–H groups in total. The van der Waals surface area contributed by atoms with Crippen molar-refractivity contribution in [3.05, 3.63) is 47.8 Å². The maximum absolute atomic E-state index is 5.96. The lowest BCUT2D eigenvalue weighted by molar-refractivity contribution is 0.124. The monoisotopic (exact) mass is 285 g/mol.